The molecule has 0 bridgehead atoms. The van der Waals surface area contributed by atoms with Gasteiger partial charge in [0.05, 0.1) is 0 Å². The van der Waals surface area contributed by atoms with Gasteiger partial charge in [0, 0.05) is 12.7 Å². The number of carbonyl (C=O) groups excluding carboxylic acids is 1. The minimum absolute atomic E-state index is 0.442. The van der Waals surface area contributed by atoms with Crippen LogP contribution in [0.2, 0.25) is 0 Å². The molecule has 0 fully saturated rings. The van der Waals surface area contributed by atoms with E-state index in [1.54, 1.807) is 7.05 Å². The van der Waals surface area contributed by atoms with Gasteiger partial charge in [-0.05, 0) is 23.6 Å². The van der Waals surface area contributed by atoms with E-state index < -0.39 is 6.03 Å². The van der Waals surface area contributed by atoms with E-state index in [0.29, 0.717) is 5.92 Å². The third-order valence-electron chi connectivity index (χ3n) is 2.28. The summed E-state index contributed by atoms with van der Waals surface area (Å²) in [5.41, 5.74) is 7.23. The van der Waals surface area contributed by atoms with Gasteiger partial charge in [-0.2, -0.15) is 0 Å². The molecule has 0 aliphatic rings. The minimum atomic E-state index is -0.442. The normalized spacial score (nSPS) is 10.3. The molecule has 1 rings (SSSR count). The number of nitrogens with zero attached hydrogens (tertiary/aromatic N) is 1. The molecule has 0 unspecified atom stereocenters. The SMILES string of the molecule is CC(C)c1ccc(N(C)C(N)=O)cc1. The van der Waals surface area contributed by atoms with Crippen molar-refractivity contribution in [3.05, 3.63) is 29.8 Å². The van der Waals surface area contributed by atoms with Crippen LogP contribution in [0.1, 0.15) is 25.3 Å². The van der Waals surface area contributed by atoms with Crippen molar-refractivity contribution in [2.24, 2.45) is 5.73 Å². The van der Waals surface area contributed by atoms with Crippen molar-refractivity contribution in [2.45, 2.75) is 19.8 Å². The number of hydrogen-bond acceptors (Lipinski definition) is 1. The summed E-state index contributed by atoms with van der Waals surface area (Å²) in [7, 11) is 1.66. The Labute approximate surface area is 84.5 Å². The lowest BCUT2D eigenvalue weighted by Crippen LogP contribution is -2.31. The summed E-state index contributed by atoms with van der Waals surface area (Å²) in [6.45, 7) is 4.26. The van der Waals surface area contributed by atoms with Crippen LogP contribution in [0.4, 0.5) is 10.5 Å². The Balaban J connectivity index is 2.88. The van der Waals surface area contributed by atoms with Crippen LogP contribution >= 0.6 is 0 Å². The van der Waals surface area contributed by atoms with Gasteiger partial charge < -0.3 is 5.73 Å². The van der Waals surface area contributed by atoms with Gasteiger partial charge in [0.15, 0.2) is 0 Å². The monoisotopic (exact) mass is 192 g/mol. The lowest BCUT2D eigenvalue weighted by atomic mass is 10.0. The Morgan fingerprint density at radius 2 is 1.79 bits per heavy atom. The molecular weight excluding hydrogens is 176 g/mol. The molecule has 14 heavy (non-hydrogen) atoms. The zero-order valence-electron chi connectivity index (χ0n) is 8.82. The second-order valence-corrected chi connectivity index (χ2v) is 3.64. The summed E-state index contributed by atoms with van der Waals surface area (Å²) >= 11 is 0. The van der Waals surface area contributed by atoms with Gasteiger partial charge in [-0.15, -0.1) is 0 Å². The Hall–Kier alpha value is -1.51. The number of amides is 2. The van der Waals surface area contributed by atoms with Gasteiger partial charge in [-0.25, -0.2) is 4.79 Å². The van der Waals surface area contributed by atoms with Crippen molar-refractivity contribution >= 4 is 11.7 Å². The second kappa shape index (κ2) is 4.13. The molecule has 2 N–H and O–H groups in total. The van der Waals surface area contributed by atoms with E-state index in [-0.39, 0.29) is 0 Å². The first-order valence-electron chi connectivity index (χ1n) is 4.65. The van der Waals surface area contributed by atoms with Gasteiger partial charge in [-0.3, -0.25) is 4.90 Å². The van der Waals surface area contributed by atoms with Crippen LogP contribution < -0.4 is 10.6 Å². The molecule has 0 radical (unpaired) electrons. The van der Waals surface area contributed by atoms with Crippen molar-refractivity contribution in [1.82, 2.24) is 0 Å². The molecule has 0 aliphatic carbocycles. The summed E-state index contributed by atoms with van der Waals surface area (Å²) in [6.07, 6.45) is 0. The third-order valence-corrected chi connectivity index (χ3v) is 2.28. The first kappa shape index (κ1) is 10.6. The quantitative estimate of drug-likeness (QED) is 0.768. The molecule has 0 heterocycles. The highest BCUT2D eigenvalue weighted by molar-refractivity contribution is 5.89. The minimum Gasteiger partial charge on any atom is -0.351 e. The highest BCUT2D eigenvalue weighted by Crippen LogP contribution is 2.18. The largest absolute Gasteiger partial charge is 0.351 e. The molecule has 3 heteroatoms. The van der Waals surface area contributed by atoms with Gasteiger partial charge in [0.2, 0.25) is 0 Å². The fourth-order valence-corrected chi connectivity index (χ4v) is 1.21. The number of primary amides is 1. The van der Waals surface area contributed by atoms with Crippen LogP contribution in [0.15, 0.2) is 24.3 Å². The summed E-state index contributed by atoms with van der Waals surface area (Å²) in [5, 5.41) is 0. The van der Waals surface area contributed by atoms with Crippen LogP contribution in [0.3, 0.4) is 0 Å². The van der Waals surface area contributed by atoms with Crippen molar-refractivity contribution < 1.29 is 4.79 Å². The molecule has 76 valence electrons. The van der Waals surface area contributed by atoms with Gasteiger partial charge in [-0.1, -0.05) is 26.0 Å². The number of hydrogen-bond donors (Lipinski definition) is 1. The van der Waals surface area contributed by atoms with E-state index in [9.17, 15) is 4.79 Å². The van der Waals surface area contributed by atoms with E-state index in [2.05, 4.69) is 13.8 Å². The highest BCUT2D eigenvalue weighted by Gasteiger charge is 2.06. The number of nitrogens with two attached hydrogens (primary N) is 1. The van der Waals surface area contributed by atoms with Crippen LogP contribution in [0.5, 0.6) is 0 Å². The Morgan fingerprint density at radius 1 is 1.29 bits per heavy atom. The fourth-order valence-electron chi connectivity index (χ4n) is 1.21. The predicted octanol–water partition coefficient (Wildman–Crippen LogP) is 2.32. The van der Waals surface area contributed by atoms with Crippen molar-refractivity contribution in [3.63, 3.8) is 0 Å². The maximum absolute atomic E-state index is 10.9. The lowest BCUT2D eigenvalue weighted by Gasteiger charge is -2.15. The average Bonchev–Trinajstić information content (AvgIpc) is 2.16. The van der Waals surface area contributed by atoms with E-state index in [1.165, 1.54) is 10.5 Å². The summed E-state index contributed by atoms with van der Waals surface area (Å²) in [5.74, 6) is 0.503. The fraction of sp³-hybridized carbons (Fsp3) is 0.364. The predicted molar refractivity (Wildman–Crippen MR) is 58.5 cm³/mol. The Bertz CT molecular complexity index is 317. The number of urea groups is 1. The van der Waals surface area contributed by atoms with Gasteiger partial charge >= 0.3 is 6.03 Å². The Kier molecular flexibility index (Phi) is 3.12. The lowest BCUT2D eigenvalue weighted by molar-refractivity contribution is 0.255. The maximum atomic E-state index is 10.9. The summed E-state index contributed by atoms with van der Waals surface area (Å²) in [4.78, 5) is 12.3. The van der Waals surface area contributed by atoms with Gasteiger partial charge in [0.1, 0.15) is 0 Å². The number of carbonyl (C=O) groups is 1. The smallest absolute Gasteiger partial charge is 0.318 e. The van der Waals surface area contributed by atoms with Crippen molar-refractivity contribution in [2.75, 3.05) is 11.9 Å². The first-order valence-corrected chi connectivity index (χ1v) is 4.65. The number of rotatable bonds is 2. The molecule has 3 nitrogen and oxygen atoms in total. The van der Waals surface area contributed by atoms with Crippen molar-refractivity contribution in [3.8, 4) is 0 Å². The molecule has 0 atom stereocenters. The summed E-state index contributed by atoms with van der Waals surface area (Å²) < 4.78 is 0. The second-order valence-electron chi connectivity index (χ2n) is 3.64. The molecule has 0 aromatic heterocycles. The van der Waals surface area contributed by atoms with Crippen LogP contribution in [-0.4, -0.2) is 13.1 Å². The third kappa shape index (κ3) is 2.25. The standard InChI is InChI=1S/C11H16N2O/c1-8(2)9-4-6-10(7-5-9)13(3)11(12)14/h4-8H,1-3H3,(H2,12,14). The number of anilines is 1. The molecule has 0 spiro atoms. The molecule has 1 aromatic carbocycles. The zero-order valence-corrected chi connectivity index (χ0v) is 8.82. The Morgan fingerprint density at radius 3 is 2.14 bits per heavy atom. The highest BCUT2D eigenvalue weighted by atomic mass is 16.2. The zero-order chi connectivity index (χ0) is 10.7. The molecule has 0 saturated carbocycles. The average molecular weight is 192 g/mol. The number of benzene rings is 1. The molecule has 0 aliphatic heterocycles. The first-order chi connectivity index (χ1) is 6.52. The molecule has 0 saturated heterocycles. The molecule has 2 amide bonds. The topological polar surface area (TPSA) is 46.3 Å². The summed E-state index contributed by atoms with van der Waals surface area (Å²) in [6, 6.07) is 7.39. The van der Waals surface area contributed by atoms with Gasteiger partial charge in [0.25, 0.3) is 0 Å². The van der Waals surface area contributed by atoms with E-state index in [1.807, 2.05) is 24.3 Å². The molecular formula is C11H16N2O. The van der Waals surface area contributed by atoms with E-state index >= 15 is 0 Å². The molecule has 1 aromatic rings. The van der Waals surface area contributed by atoms with Crippen LogP contribution in [0, 0.1) is 0 Å². The maximum Gasteiger partial charge on any atom is 0.318 e. The van der Waals surface area contributed by atoms with Crippen molar-refractivity contribution in [1.29, 1.82) is 0 Å². The van der Waals surface area contributed by atoms with E-state index in [4.69, 9.17) is 5.73 Å². The van der Waals surface area contributed by atoms with Crippen LogP contribution in [-0.2, 0) is 0 Å². The van der Waals surface area contributed by atoms with E-state index in [0.717, 1.165) is 5.69 Å². The van der Waals surface area contributed by atoms with Crippen LogP contribution in [0.25, 0.3) is 0 Å².